The summed E-state index contributed by atoms with van der Waals surface area (Å²) in [5.74, 6) is -0.371. The standard InChI is InChI=1S/C8H5Cl2FO/c9-7(8(10)12)5-1-3-6(11)4-2-5/h1-4,7H. The van der Waals surface area contributed by atoms with Crippen molar-refractivity contribution in [1.29, 1.82) is 0 Å². The van der Waals surface area contributed by atoms with Crippen LogP contribution < -0.4 is 0 Å². The Morgan fingerprint density at radius 2 is 1.83 bits per heavy atom. The van der Waals surface area contributed by atoms with Crippen LogP contribution in [0.2, 0.25) is 0 Å². The maximum Gasteiger partial charge on any atom is 0.244 e. The summed E-state index contributed by atoms with van der Waals surface area (Å²) < 4.78 is 12.4. The summed E-state index contributed by atoms with van der Waals surface area (Å²) in [6, 6.07) is 5.30. The average Bonchev–Trinajstić information content (AvgIpc) is 2.04. The number of carbonyl (C=O) groups excluding carboxylic acids is 1. The Morgan fingerprint density at radius 3 is 2.25 bits per heavy atom. The number of rotatable bonds is 2. The van der Waals surface area contributed by atoms with Gasteiger partial charge in [-0.3, -0.25) is 4.79 Å². The molecule has 1 atom stereocenters. The fourth-order valence-corrected chi connectivity index (χ4v) is 1.03. The summed E-state index contributed by atoms with van der Waals surface area (Å²) >= 11 is 10.7. The van der Waals surface area contributed by atoms with Gasteiger partial charge in [-0.05, 0) is 29.3 Å². The van der Waals surface area contributed by atoms with Gasteiger partial charge in [0, 0.05) is 0 Å². The molecule has 0 aliphatic heterocycles. The predicted molar refractivity (Wildman–Crippen MR) is 45.9 cm³/mol. The Morgan fingerprint density at radius 1 is 1.33 bits per heavy atom. The van der Waals surface area contributed by atoms with Gasteiger partial charge in [-0.2, -0.15) is 0 Å². The summed E-state index contributed by atoms with van der Waals surface area (Å²) in [5.41, 5.74) is 0.498. The minimum absolute atomic E-state index is 0.371. The van der Waals surface area contributed by atoms with Gasteiger partial charge in [-0.25, -0.2) is 4.39 Å². The molecule has 64 valence electrons. The number of hydrogen-bond acceptors (Lipinski definition) is 1. The van der Waals surface area contributed by atoms with Crippen molar-refractivity contribution >= 4 is 28.4 Å². The first kappa shape index (κ1) is 9.49. The summed E-state index contributed by atoms with van der Waals surface area (Å²) in [7, 11) is 0. The van der Waals surface area contributed by atoms with Crippen molar-refractivity contribution in [3.05, 3.63) is 35.6 Å². The maximum absolute atomic E-state index is 12.4. The van der Waals surface area contributed by atoms with Crippen molar-refractivity contribution in [3.8, 4) is 0 Å². The van der Waals surface area contributed by atoms with Crippen LogP contribution in [0.1, 0.15) is 10.9 Å². The van der Waals surface area contributed by atoms with E-state index in [1.165, 1.54) is 24.3 Å². The first-order chi connectivity index (χ1) is 5.61. The highest BCUT2D eigenvalue weighted by molar-refractivity contribution is 6.68. The number of alkyl halides is 1. The normalized spacial score (nSPS) is 12.6. The third kappa shape index (κ3) is 2.19. The molecule has 0 spiro atoms. The molecule has 0 amide bonds. The van der Waals surface area contributed by atoms with Crippen LogP contribution in [-0.4, -0.2) is 5.24 Å². The van der Waals surface area contributed by atoms with Crippen LogP contribution in [0.25, 0.3) is 0 Å². The van der Waals surface area contributed by atoms with Crippen molar-refractivity contribution in [2.24, 2.45) is 0 Å². The summed E-state index contributed by atoms with van der Waals surface area (Å²) in [6.07, 6.45) is 0. The smallest absolute Gasteiger partial charge is 0.244 e. The molecule has 0 fully saturated rings. The van der Waals surface area contributed by atoms with E-state index in [9.17, 15) is 9.18 Å². The molecule has 1 rings (SSSR count). The lowest BCUT2D eigenvalue weighted by Gasteiger charge is -2.02. The zero-order valence-electron chi connectivity index (χ0n) is 5.93. The van der Waals surface area contributed by atoms with E-state index in [2.05, 4.69) is 0 Å². The van der Waals surface area contributed by atoms with Crippen molar-refractivity contribution in [2.45, 2.75) is 5.38 Å². The van der Waals surface area contributed by atoms with Gasteiger partial charge in [0.05, 0.1) is 0 Å². The van der Waals surface area contributed by atoms with Gasteiger partial charge in [0.25, 0.3) is 0 Å². The molecule has 1 aromatic carbocycles. The molecule has 0 bridgehead atoms. The molecule has 1 aromatic rings. The topological polar surface area (TPSA) is 17.1 Å². The Labute approximate surface area is 79.1 Å². The molecule has 0 N–H and O–H groups in total. The average molecular weight is 207 g/mol. The second-order valence-corrected chi connectivity index (χ2v) is 3.03. The Hall–Kier alpha value is -0.600. The van der Waals surface area contributed by atoms with Crippen LogP contribution in [0.5, 0.6) is 0 Å². The molecular formula is C8H5Cl2FO. The number of benzene rings is 1. The minimum atomic E-state index is -0.896. The van der Waals surface area contributed by atoms with Gasteiger partial charge in [0.2, 0.25) is 5.24 Å². The highest BCUT2D eigenvalue weighted by atomic mass is 35.5. The van der Waals surface area contributed by atoms with Gasteiger partial charge in [0.15, 0.2) is 0 Å². The Kier molecular flexibility index (Phi) is 3.06. The van der Waals surface area contributed by atoms with Crippen molar-refractivity contribution in [1.82, 2.24) is 0 Å². The lowest BCUT2D eigenvalue weighted by atomic mass is 10.1. The lowest BCUT2D eigenvalue weighted by Crippen LogP contribution is -1.98. The van der Waals surface area contributed by atoms with E-state index in [0.717, 1.165) is 0 Å². The first-order valence-corrected chi connectivity index (χ1v) is 4.01. The molecule has 1 unspecified atom stereocenters. The predicted octanol–water partition coefficient (Wildman–Crippen LogP) is 2.87. The molecule has 0 aliphatic carbocycles. The van der Waals surface area contributed by atoms with Crippen LogP contribution in [0.15, 0.2) is 24.3 Å². The summed E-state index contributed by atoms with van der Waals surface area (Å²) in [5, 5.41) is -1.56. The second kappa shape index (κ2) is 3.87. The molecule has 1 nitrogen and oxygen atoms in total. The molecule has 4 heteroatoms. The van der Waals surface area contributed by atoms with Crippen LogP contribution in [0, 0.1) is 5.82 Å². The fourth-order valence-electron chi connectivity index (χ4n) is 0.763. The third-order valence-corrected chi connectivity index (χ3v) is 2.14. The molecular weight excluding hydrogens is 202 g/mol. The second-order valence-electron chi connectivity index (χ2n) is 2.22. The largest absolute Gasteiger partial charge is 0.279 e. The minimum Gasteiger partial charge on any atom is -0.279 e. The van der Waals surface area contributed by atoms with Crippen LogP contribution in [-0.2, 0) is 4.79 Å². The third-order valence-electron chi connectivity index (χ3n) is 1.36. The van der Waals surface area contributed by atoms with E-state index in [4.69, 9.17) is 23.2 Å². The summed E-state index contributed by atoms with van der Waals surface area (Å²) in [4.78, 5) is 10.6. The van der Waals surface area contributed by atoms with Gasteiger partial charge >= 0.3 is 0 Å². The highest BCUT2D eigenvalue weighted by Gasteiger charge is 2.14. The number of carbonyl (C=O) groups is 1. The van der Waals surface area contributed by atoms with Crippen molar-refractivity contribution in [2.75, 3.05) is 0 Å². The number of hydrogen-bond donors (Lipinski definition) is 0. The van der Waals surface area contributed by atoms with Crippen molar-refractivity contribution in [3.63, 3.8) is 0 Å². The van der Waals surface area contributed by atoms with E-state index in [1.807, 2.05) is 0 Å². The molecule has 0 aliphatic rings. The fraction of sp³-hybridized carbons (Fsp3) is 0.125. The molecule has 0 radical (unpaired) electrons. The van der Waals surface area contributed by atoms with Crippen molar-refractivity contribution < 1.29 is 9.18 Å². The van der Waals surface area contributed by atoms with Crippen LogP contribution in [0.3, 0.4) is 0 Å². The molecule has 0 aromatic heterocycles. The van der Waals surface area contributed by atoms with E-state index in [-0.39, 0.29) is 5.82 Å². The van der Waals surface area contributed by atoms with Crippen LogP contribution >= 0.6 is 23.2 Å². The van der Waals surface area contributed by atoms with Gasteiger partial charge in [-0.1, -0.05) is 12.1 Å². The SMILES string of the molecule is O=C(Cl)C(Cl)c1ccc(F)cc1. The van der Waals surface area contributed by atoms with Crippen LogP contribution in [0.4, 0.5) is 4.39 Å². The maximum atomic E-state index is 12.4. The first-order valence-electron chi connectivity index (χ1n) is 3.20. The van der Waals surface area contributed by atoms with E-state index >= 15 is 0 Å². The van der Waals surface area contributed by atoms with Gasteiger partial charge < -0.3 is 0 Å². The number of halogens is 3. The molecule has 0 saturated carbocycles. The zero-order chi connectivity index (χ0) is 9.14. The zero-order valence-corrected chi connectivity index (χ0v) is 7.44. The van der Waals surface area contributed by atoms with Gasteiger partial charge in [0.1, 0.15) is 11.2 Å². The van der Waals surface area contributed by atoms with Gasteiger partial charge in [-0.15, -0.1) is 11.6 Å². The molecule has 0 heterocycles. The quantitative estimate of drug-likeness (QED) is 0.538. The molecule has 0 saturated heterocycles. The monoisotopic (exact) mass is 206 g/mol. The Balaban J connectivity index is 2.89. The highest BCUT2D eigenvalue weighted by Crippen LogP contribution is 2.22. The summed E-state index contributed by atoms with van der Waals surface area (Å²) in [6.45, 7) is 0. The molecule has 12 heavy (non-hydrogen) atoms. The lowest BCUT2D eigenvalue weighted by molar-refractivity contribution is -0.111. The van der Waals surface area contributed by atoms with E-state index in [0.29, 0.717) is 5.56 Å². The Bertz CT molecular complexity index is 284. The van der Waals surface area contributed by atoms with E-state index < -0.39 is 10.6 Å². The van der Waals surface area contributed by atoms with E-state index in [1.54, 1.807) is 0 Å².